The minimum atomic E-state index is -2.80. The number of fused-ring (bicyclic) bond motifs is 1. The lowest BCUT2D eigenvalue weighted by atomic mass is 9.95. The molecular weight excluding hydrogens is 500 g/mol. The first-order chi connectivity index (χ1) is 18.8. The van der Waals surface area contributed by atoms with Gasteiger partial charge in [-0.25, -0.2) is 13.8 Å². The van der Waals surface area contributed by atoms with Gasteiger partial charge >= 0.3 is 0 Å². The molecule has 0 aliphatic carbocycles. The highest BCUT2D eigenvalue weighted by atomic mass is 19.3. The Bertz CT molecular complexity index is 1230. The summed E-state index contributed by atoms with van der Waals surface area (Å²) in [6.07, 6.45) is 6.21. The molecule has 1 unspecified atom stereocenters. The SMILES string of the molecule is Cc1cnn(Cc2ccc(C(C(O)O)N3CC[C@@H](C(F)(F)CCCCc4ccc5c(n4)NCCC5)C3)cc2)c1. The predicted octanol–water partition coefficient (Wildman–Crippen LogP) is 4.71. The van der Waals surface area contributed by atoms with E-state index in [0.717, 1.165) is 42.0 Å². The first-order valence-electron chi connectivity index (χ1n) is 14.1. The number of aliphatic hydroxyl groups is 2. The van der Waals surface area contributed by atoms with Crippen LogP contribution >= 0.6 is 0 Å². The van der Waals surface area contributed by atoms with E-state index < -0.39 is 24.2 Å². The zero-order valence-corrected chi connectivity index (χ0v) is 22.6. The molecule has 7 nitrogen and oxygen atoms in total. The average Bonchev–Trinajstić information content (AvgIpc) is 3.57. The van der Waals surface area contributed by atoms with Crippen LogP contribution in [-0.2, 0) is 19.4 Å². The summed E-state index contributed by atoms with van der Waals surface area (Å²) >= 11 is 0. The van der Waals surface area contributed by atoms with Crippen molar-refractivity contribution in [3.63, 3.8) is 0 Å². The van der Waals surface area contributed by atoms with Gasteiger partial charge in [-0.3, -0.25) is 9.58 Å². The third kappa shape index (κ3) is 6.83. The Balaban J connectivity index is 1.13. The van der Waals surface area contributed by atoms with Gasteiger partial charge in [0.25, 0.3) is 5.92 Å². The first kappa shape index (κ1) is 27.7. The molecule has 2 aliphatic rings. The molecule has 39 heavy (non-hydrogen) atoms. The second kappa shape index (κ2) is 12.1. The van der Waals surface area contributed by atoms with Crippen LogP contribution in [0.25, 0.3) is 0 Å². The maximum atomic E-state index is 15.2. The number of anilines is 1. The smallest absolute Gasteiger partial charge is 0.252 e. The van der Waals surface area contributed by atoms with Gasteiger partial charge in [-0.1, -0.05) is 30.3 Å². The molecule has 9 heteroatoms. The fourth-order valence-electron chi connectivity index (χ4n) is 5.90. The minimum Gasteiger partial charge on any atom is -0.370 e. The van der Waals surface area contributed by atoms with Gasteiger partial charge in [-0.2, -0.15) is 5.10 Å². The van der Waals surface area contributed by atoms with E-state index in [1.807, 2.05) is 48.1 Å². The molecule has 0 bridgehead atoms. The molecule has 210 valence electrons. The minimum absolute atomic E-state index is 0.141. The number of aromatic nitrogens is 3. The highest BCUT2D eigenvalue weighted by Gasteiger charge is 2.45. The number of unbranched alkanes of at least 4 members (excludes halogenated alkanes) is 1. The second-order valence-corrected chi connectivity index (χ2v) is 11.1. The Morgan fingerprint density at radius 1 is 1.13 bits per heavy atom. The van der Waals surface area contributed by atoms with E-state index in [1.165, 1.54) is 5.56 Å². The number of hydrogen-bond acceptors (Lipinski definition) is 6. The van der Waals surface area contributed by atoms with Gasteiger partial charge < -0.3 is 15.5 Å². The molecule has 1 fully saturated rings. The molecule has 4 heterocycles. The Kier molecular flexibility index (Phi) is 8.59. The summed E-state index contributed by atoms with van der Waals surface area (Å²) in [4.78, 5) is 6.46. The topological polar surface area (TPSA) is 86.4 Å². The second-order valence-electron chi connectivity index (χ2n) is 11.1. The number of likely N-dealkylation sites (tertiary alicyclic amines) is 1. The molecule has 0 amide bonds. The van der Waals surface area contributed by atoms with Crippen LogP contribution in [0, 0.1) is 12.8 Å². The van der Waals surface area contributed by atoms with Gasteiger partial charge in [0.05, 0.1) is 18.8 Å². The van der Waals surface area contributed by atoms with E-state index in [-0.39, 0.29) is 13.0 Å². The molecule has 3 aromatic rings. The Labute approximate surface area is 228 Å². The van der Waals surface area contributed by atoms with Crippen molar-refractivity contribution < 1.29 is 19.0 Å². The molecule has 1 saturated heterocycles. The van der Waals surface area contributed by atoms with Crippen molar-refractivity contribution >= 4 is 5.82 Å². The van der Waals surface area contributed by atoms with Crippen molar-refractivity contribution in [2.45, 2.75) is 76.7 Å². The monoisotopic (exact) mass is 539 g/mol. The summed E-state index contributed by atoms with van der Waals surface area (Å²) in [5.74, 6) is -2.65. The van der Waals surface area contributed by atoms with E-state index in [1.54, 1.807) is 11.1 Å². The van der Waals surface area contributed by atoms with Crippen LogP contribution in [-0.4, -0.2) is 61.7 Å². The fourth-order valence-corrected chi connectivity index (χ4v) is 5.90. The van der Waals surface area contributed by atoms with Crippen LogP contribution in [0.2, 0.25) is 0 Å². The molecule has 0 spiro atoms. The van der Waals surface area contributed by atoms with Gasteiger partial charge in [0, 0.05) is 37.3 Å². The van der Waals surface area contributed by atoms with Crippen LogP contribution in [0.3, 0.4) is 0 Å². The highest BCUT2D eigenvalue weighted by molar-refractivity contribution is 5.47. The summed E-state index contributed by atoms with van der Waals surface area (Å²) in [5, 5.41) is 28.0. The van der Waals surface area contributed by atoms with Gasteiger partial charge in [-0.15, -0.1) is 0 Å². The maximum Gasteiger partial charge on any atom is 0.252 e. The molecule has 5 rings (SSSR count). The summed E-state index contributed by atoms with van der Waals surface area (Å²) in [6, 6.07) is 10.9. The number of hydrogen-bond donors (Lipinski definition) is 3. The number of pyridine rings is 1. The van der Waals surface area contributed by atoms with E-state index >= 15 is 8.78 Å². The van der Waals surface area contributed by atoms with Crippen molar-refractivity contribution in [1.29, 1.82) is 0 Å². The maximum absolute atomic E-state index is 15.2. The van der Waals surface area contributed by atoms with Crippen LogP contribution in [0.1, 0.15) is 66.1 Å². The molecule has 2 atom stereocenters. The van der Waals surface area contributed by atoms with Crippen molar-refractivity contribution in [3.05, 3.63) is 76.7 Å². The number of aliphatic hydroxyl groups excluding tert-OH is 1. The lowest BCUT2D eigenvalue weighted by Crippen LogP contribution is -2.37. The van der Waals surface area contributed by atoms with Crippen LogP contribution in [0.4, 0.5) is 14.6 Å². The van der Waals surface area contributed by atoms with Gasteiger partial charge in [0.1, 0.15) is 5.82 Å². The highest BCUT2D eigenvalue weighted by Crippen LogP contribution is 2.40. The summed E-state index contributed by atoms with van der Waals surface area (Å²) < 4.78 is 32.2. The Hall–Kier alpha value is -2.88. The zero-order chi connectivity index (χ0) is 27.4. The standard InChI is InChI=1S/C30H39F2N5O2/c1-21-17-34-37(18-21)19-22-7-9-23(10-8-22)27(29(38)39)36-16-13-25(20-36)30(31,32)14-3-2-6-26-12-11-24-5-4-15-33-28(24)35-26/h7-12,17-18,25,27,29,38-39H,2-6,13-16,19-20H2,1H3,(H,33,35)/t25-,27?/m1/s1. The van der Waals surface area contributed by atoms with Crippen molar-refractivity contribution in [1.82, 2.24) is 19.7 Å². The normalized spacial score (nSPS) is 18.8. The van der Waals surface area contributed by atoms with E-state index in [2.05, 4.69) is 21.5 Å². The number of benzene rings is 1. The van der Waals surface area contributed by atoms with Crippen molar-refractivity contribution in [2.24, 2.45) is 5.92 Å². The molecule has 0 radical (unpaired) electrons. The number of rotatable bonds is 11. The van der Waals surface area contributed by atoms with Crippen molar-refractivity contribution in [3.8, 4) is 0 Å². The van der Waals surface area contributed by atoms with E-state index in [9.17, 15) is 10.2 Å². The average molecular weight is 540 g/mol. The molecule has 3 N–H and O–H groups in total. The zero-order valence-electron chi connectivity index (χ0n) is 22.6. The quantitative estimate of drug-likeness (QED) is 0.242. The number of aryl methyl sites for hydroxylation is 3. The molecular formula is C30H39F2N5O2. The van der Waals surface area contributed by atoms with Crippen LogP contribution in [0.15, 0.2) is 48.8 Å². The Morgan fingerprint density at radius 3 is 2.69 bits per heavy atom. The lowest BCUT2D eigenvalue weighted by Gasteiger charge is -2.31. The fraction of sp³-hybridized carbons (Fsp3) is 0.533. The van der Waals surface area contributed by atoms with Gasteiger partial charge in [0.2, 0.25) is 0 Å². The third-order valence-electron chi connectivity index (χ3n) is 8.07. The van der Waals surface area contributed by atoms with Crippen molar-refractivity contribution in [2.75, 3.05) is 25.0 Å². The third-order valence-corrected chi connectivity index (χ3v) is 8.07. The van der Waals surface area contributed by atoms with Gasteiger partial charge in [-0.05, 0) is 80.3 Å². The lowest BCUT2D eigenvalue weighted by molar-refractivity contribution is -0.105. The Morgan fingerprint density at radius 2 is 1.95 bits per heavy atom. The van der Waals surface area contributed by atoms with Crippen LogP contribution < -0.4 is 5.32 Å². The molecule has 2 aliphatic heterocycles. The van der Waals surface area contributed by atoms with E-state index in [4.69, 9.17) is 0 Å². The van der Waals surface area contributed by atoms with Gasteiger partial charge in [0.15, 0.2) is 6.29 Å². The van der Waals surface area contributed by atoms with Crippen LogP contribution in [0.5, 0.6) is 0 Å². The molecule has 1 aromatic carbocycles. The number of alkyl halides is 2. The number of nitrogens with one attached hydrogen (secondary N) is 1. The predicted molar refractivity (Wildman–Crippen MR) is 147 cm³/mol. The first-order valence-corrected chi connectivity index (χ1v) is 14.1. The molecule has 0 saturated carbocycles. The summed E-state index contributed by atoms with van der Waals surface area (Å²) in [6.45, 7) is 4.07. The largest absolute Gasteiger partial charge is 0.370 e. The van der Waals surface area contributed by atoms with E-state index in [0.29, 0.717) is 44.3 Å². The summed E-state index contributed by atoms with van der Waals surface area (Å²) in [7, 11) is 0. The summed E-state index contributed by atoms with van der Waals surface area (Å²) in [5.41, 5.74) is 5.00. The molecule has 2 aromatic heterocycles. The number of nitrogens with zero attached hydrogens (tertiary/aromatic N) is 4. The number of halogens is 2.